The average molecular weight is 355 g/mol. The second kappa shape index (κ2) is 8.32. The van der Waals surface area contributed by atoms with Gasteiger partial charge in [0.15, 0.2) is 0 Å². The summed E-state index contributed by atoms with van der Waals surface area (Å²) in [6.07, 6.45) is 1.90. The molecule has 0 unspecified atom stereocenters. The highest BCUT2D eigenvalue weighted by molar-refractivity contribution is 7.89. The van der Waals surface area contributed by atoms with Crippen LogP contribution in [0.25, 0.3) is 0 Å². The van der Waals surface area contributed by atoms with Crippen LogP contribution in [0.4, 0.5) is 0 Å². The van der Waals surface area contributed by atoms with Gasteiger partial charge in [0.2, 0.25) is 10.0 Å². The minimum absolute atomic E-state index is 0.0712. The van der Waals surface area contributed by atoms with Crippen LogP contribution in [0.15, 0.2) is 23.1 Å². The van der Waals surface area contributed by atoms with Crippen LogP contribution in [-0.4, -0.2) is 45.0 Å². The Labute approximate surface area is 146 Å². The fraction of sp³-hybridized carbons (Fsp3) is 0.667. The van der Waals surface area contributed by atoms with Crippen molar-refractivity contribution in [2.75, 3.05) is 26.2 Å². The molecule has 1 N–H and O–H groups in total. The molecule has 1 aromatic rings. The van der Waals surface area contributed by atoms with Gasteiger partial charge in [0.05, 0.1) is 11.0 Å². The van der Waals surface area contributed by atoms with E-state index < -0.39 is 10.0 Å². The summed E-state index contributed by atoms with van der Waals surface area (Å²) in [5.41, 5.74) is 0.854. The maximum absolute atomic E-state index is 12.9. The Hall–Kier alpha value is -1.11. The van der Waals surface area contributed by atoms with Crippen molar-refractivity contribution < 1.29 is 13.2 Å². The van der Waals surface area contributed by atoms with Crippen molar-refractivity contribution >= 4 is 10.0 Å². The Bertz CT molecular complexity index is 636. The number of sulfonamides is 1. The van der Waals surface area contributed by atoms with E-state index in [1.807, 2.05) is 20.8 Å². The van der Waals surface area contributed by atoms with E-state index in [-0.39, 0.29) is 6.10 Å². The second-order valence-corrected chi connectivity index (χ2v) is 8.69. The molecule has 0 atom stereocenters. The highest BCUT2D eigenvalue weighted by atomic mass is 32.2. The monoisotopic (exact) mass is 354 g/mol. The number of aryl methyl sites for hydroxylation is 1. The molecular weight excluding hydrogens is 324 g/mol. The number of hydrogen-bond acceptors (Lipinski definition) is 4. The predicted molar refractivity (Wildman–Crippen MR) is 97.0 cm³/mol. The van der Waals surface area contributed by atoms with E-state index >= 15 is 0 Å². The van der Waals surface area contributed by atoms with Crippen molar-refractivity contribution in [3.05, 3.63) is 23.8 Å². The zero-order chi connectivity index (χ0) is 17.7. The van der Waals surface area contributed by atoms with Crippen molar-refractivity contribution in [3.8, 4) is 5.75 Å². The van der Waals surface area contributed by atoms with Gasteiger partial charge in [0.25, 0.3) is 0 Å². The Morgan fingerprint density at radius 3 is 2.50 bits per heavy atom. The zero-order valence-corrected chi connectivity index (χ0v) is 16.0. The molecular formula is C18H30N2O3S. The maximum atomic E-state index is 12.9. The topological polar surface area (TPSA) is 58.6 Å². The summed E-state index contributed by atoms with van der Waals surface area (Å²) in [5, 5.41) is 3.35. The van der Waals surface area contributed by atoms with Gasteiger partial charge < -0.3 is 10.1 Å². The summed E-state index contributed by atoms with van der Waals surface area (Å²) in [6, 6.07) is 5.14. The largest absolute Gasteiger partial charge is 0.491 e. The average Bonchev–Trinajstić information content (AvgIpc) is 2.54. The van der Waals surface area contributed by atoms with Crippen molar-refractivity contribution in [1.29, 1.82) is 0 Å². The zero-order valence-electron chi connectivity index (χ0n) is 15.2. The first-order chi connectivity index (χ1) is 11.3. The molecule has 0 aliphatic carbocycles. The minimum Gasteiger partial charge on any atom is -0.491 e. The minimum atomic E-state index is -3.42. The van der Waals surface area contributed by atoms with Crippen molar-refractivity contribution in [2.45, 2.75) is 51.5 Å². The van der Waals surface area contributed by atoms with E-state index in [2.05, 4.69) is 12.2 Å². The first-order valence-electron chi connectivity index (χ1n) is 8.82. The lowest BCUT2D eigenvalue weighted by Gasteiger charge is -2.31. The molecule has 0 aromatic heterocycles. The molecule has 0 radical (unpaired) electrons. The van der Waals surface area contributed by atoms with Crippen molar-refractivity contribution in [2.24, 2.45) is 5.92 Å². The standard InChI is InChI=1S/C18H30N2O3S/c1-5-19-13-16-8-10-20(11-9-16)24(21,22)17-6-7-18(15(4)12-17)23-14(2)3/h6-7,12,14,16,19H,5,8-11,13H2,1-4H3. The third kappa shape index (κ3) is 4.71. The quantitative estimate of drug-likeness (QED) is 0.818. The fourth-order valence-corrected chi connectivity index (χ4v) is 4.58. The van der Waals surface area contributed by atoms with Crippen LogP contribution in [0.2, 0.25) is 0 Å². The molecule has 1 aliphatic heterocycles. The van der Waals surface area contributed by atoms with Crippen LogP contribution in [0, 0.1) is 12.8 Å². The molecule has 136 valence electrons. The Morgan fingerprint density at radius 1 is 1.29 bits per heavy atom. The summed E-state index contributed by atoms with van der Waals surface area (Å²) >= 11 is 0. The van der Waals surface area contributed by atoms with E-state index in [0.717, 1.165) is 37.2 Å². The normalized spacial score (nSPS) is 17.4. The van der Waals surface area contributed by atoms with E-state index in [9.17, 15) is 8.42 Å². The smallest absolute Gasteiger partial charge is 0.243 e. The predicted octanol–water partition coefficient (Wildman–Crippen LogP) is 2.79. The highest BCUT2D eigenvalue weighted by Gasteiger charge is 2.29. The van der Waals surface area contributed by atoms with E-state index in [1.165, 1.54) is 0 Å². The number of benzene rings is 1. The van der Waals surface area contributed by atoms with E-state index in [4.69, 9.17) is 4.74 Å². The van der Waals surface area contributed by atoms with Crippen molar-refractivity contribution in [1.82, 2.24) is 9.62 Å². The molecule has 1 heterocycles. The SMILES string of the molecule is CCNCC1CCN(S(=O)(=O)c2ccc(OC(C)C)c(C)c2)CC1. The number of ether oxygens (including phenoxy) is 1. The van der Waals surface area contributed by atoms with Gasteiger partial charge in [-0.15, -0.1) is 0 Å². The number of rotatable bonds is 7. The molecule has 1 aromatic carbocycles. The van der Waals surface area contributed by atoms with Crippen LogP contribution in [0.1, 0.15) is 39.2 Å². The first-order valence-corrected chi connectivity index (χ1v) is 10.3. The molecule has 1 saturated heterocycles. The number of nitrogens with zero attached hydrogens (tertiary/aromatic N) is 1. The molecule has 0 saturated carbocycles. The fourth-order valence-electron chi connectivity index (χ4n) is 3.02. The van der Waals surface area contributed by atoms with Crippen LogP contribution >= 0.6 is 0 Å². The van der Waals surface area contributed by atoms with Crippen LogP contribution in [-0.2, 0) is 10.0 Å². The van der Waals surface area contributed by atoms with Gasteiger partial charge >= 0.3 is 0 Å². The maximum Gasteiger partial charge on any atom is 0.243 e. The molecule has 0 bridgehead atoms. The lowest BCUT2D eigenvalue weighted by Crippen LogP contribution is -2.40. The highest BCUT2D eigenvalue weighted by Crippen LogP contribution is 2.27. The Morgan fingerprint density at radius 2 is 1.96 bits per heavy atom. The number of hydrogen-bond donors (Lipinski definition) is 1. The Balaban J connectivity index is 2.07. The van der Waals surface area contributed by atoms with E-state index in [0.29, 0.717) is 23.9 Å². The number of piperidine rings is 1. The summed E-state index contributed by atoms with van der Waals surface area (Å²) in [4.78, 5) is 0.362. The number of nitrogens with one attached hydrogen (secondary N) is 1. The molecule has 0 amide bonds. The molecule has 0 spiro atoms. The molecule has 5 nitrogen and oxygen atoms in total. The molecule has 6 heteroatoms. The third-order valence-corrected chi connectivity index (χ3v) is 6.30. The lowest BCUT2D eigenvalue weighted by molar-refractivity contribution is 0.240. The van der Waals surface area contributed by atoms with Crippen LogP contribution in [0.3, 0.4) is 0 Å². The summed E-state index contributed by atoms with van der Waals surface area (Å²) in [6.45, 7) is 11.0. The van der Waals surface area contributed by atoms with Gasteiger partial charge in [-0.3, -0.25) is 0 Å². The summed E-state index contributed by atoms with van der Waals surface area (Å²) in [5.74, 6) is 1.31. The summed E-state index contributed by atoms with van der Waals surface area (Å²) in [7, 11) is -3.42. The van der Waals surface area contributed by atoms with Gasteiger partial charge in [-0.05, 0) is 76.4 Å². The van der Waals surface area contributed by atoms with Crippen molar-refractivity contribution in [3.63, 3.8) is 0 Å². The van der Waals surface area contributed by atoms with Gasteiger partial charge in [0, 0.05) is 13.1 Å². The van der Waals surface area contributed by atoms with Gasteiger partial charge in [-0.2, -0.15) is 4.31 Å². The first kappa shape index (κ1) is 19.2. The van der Waals surface area contributed by atoms with Crippen LogP contribution in [0.5, 0.6) is 5.75 Å². The molecule has 1 fully saturated rings. The lowest BCUT2D eigenvalue weighted by atomic mass is 9.98. The second-order valence-electron chi connectivity index (χ2n) is 6.75. The third-order valence-electron chi connectivity index (χ3n) is 4.40. The molecule has 1 aliphatic rings. The summed E-state index contributed by atoms with van der Waals surface area (Å²) < 4.78 is 33.0. The van der Waals surface area contributed by atoms with Gasteiger partial charge in [-0.25, -0.2) is 8.42 Å². The Kier molecular flexibility index (Phi) is 6.66. The van der Waals surface area contributed by atoms with Gasteiger partial charge in [-0.1, -0.05) is 6.92 Å². The van der Waals surface area contributed by atoms with E-state index in [1.54, 1.807) is 22.5 Å². The van der Waals surface area contributed by atoms with Gasteiger partial charge in [0.1, 0.15) is 5.75 Å². The molecule has 24 heavy (non-hydrogen) atoms. The van der Waals surface area contributed by atoms with Crippen LogP contribution < -0.4 is 10.1 Å². The molecule has 2 rings (SSSR count).